The summed E-state index contributed by atoms with van der Waals surface area (Å²) in [6, 6.07) is 0. The Morgan fingerprint density at radius 1 is 1.67 bits per heavy atom. The zero-order valence-corrected chi connectivity index (χ0v) is 5.70. The van der Waals surface area contributed by atoms with Gasteiger partial charge in [0, 0.05) is 8.00 Å². The normalized spacial score (nSPS) is 62.2. The summed E-state index contributed by atoms with van der Waals surface area (Å²) in [7, 11) is 1.79. The summed E-state index contributed by atoms with van der Waals surface area (Å²) in [5.41, 5.74) is 0. The first kappa shape index (κ1) is 3.80. The van der Waals surface area contributed by atoms with Crippen molar-refractivity contribution in [1.29, 1.82) is 0 Å². The van der Waals surface area contributed by atoms with E-state index in [1.165, 1.54) is 0 Å². The Hall–Kier alpha value is 0.850. The third-order valence-electron chi connectivity index (χ3n) is 1.01. The summed E-state index contributed by atoms with van der Waals surface area (Å²) in [5.74, 6) is 0. The topological polar surface area (TPSA) is 17.1 Å². The average Bonchev–Trinajstić information content (AvgIpc) is 1.78. The maximum atomic E-state index is 10.6. The highest BCUT2D eigenvalue weighted by molar-refractivity contribution is 9.38. The maximum absolute atomic E-state index is 10.6. The minimum atomic E-state index is -1.50. The maximum Gasteiger partial charge on any atom is 0.150 e. The second-order valence-corrected chi connectivity index (χ2v) is 11.2. The van der Waals surface area contributed by atoms with Gasteiger partial charge in [-0.2, -0.15) is 0 Å². The average molecular weight is 140 g/mol. The lowest BCUT2D eigenvalue weighted by molar-refractivity contribution is 0.694. The zero-order valence-electron chi connectivity index (χ0n) is 3.17. The van der Waals surface area contributed by atoms with Gasteiger partial charge in [-0.3, -0.25) is 4.21 Å². The molecule has 0 bridgehead atoms. The van der Waals surface area contributed by atoms with Crippen molar-refractivity contribution < 1.29 is 4.21 Å². The van der Waals surface area contributed by atoms with Gasteiger partial charge >= 0.3 is 0 Å². The molecule has 0 unspecified atom stereocenters. The van der Waals surface area contributed by atoms with Crippen molar-refractivity contribution >= 4 is 29.6 Å². The van der Waals surface area contributed by atoms with Crippen LogP contribution < -0.4 is 0 Å². The molecular weight excluding hydrogens is 136 g/mol. The molecule has 2 aliphatic rings. The van der Waals surface area contributed by atoms with Crippen molar-refractivity contribution in [3.05, 3.63) is 0 Å². The van der Waals surface area contributed by atoms with E-state index in [9.17, 15) is 4.21 Å². The van der Waals surface area contributed by atoms with Gasteiger partial charge in [0.2, 0.25) is 0 Å². The number of rotatable bonds is 0. The SMILES string of the molecule is CC12S[SH]1(=O)S2. The predicted molar refractivity (Wildman–Crippen MR) is 33.1 cm³/mol. The molecule has 0 N–H and O–H groups in total. The second-order valence-electron chi connectivity index (χ2n) is 1.58. The van der Waals surface area contributed by atoms with Gasteiger partial charge in [0.25, 0.3) is 0 Å². The molecule has 1 nitrogen and oxygen atoms in total. The molecule has 0 atom stereocenters. The molecule has 2 rings (SSSR count). The minimum absolute atomic E-state index is 0.243. The van der Waals surface area contributed by atoms with E-state index in [2.05, 4.69) is 0 Å². The van der Waals surface area contributed by atoms with E-state index in [-0.39, 0.29) is 3.41 Å². The van der Waals surface area contributed by atoms with Crippen molar-refractivity contribution in [2.45, 2.75) is 10.3 Å². The van der Waals surface area contributed by atoms with Crippen LogP contribution in [0.15, 0.2) is 0 Å². The molecule has 0 aromatic heterocycles. The van der Waals surface area contributed by atoms with E-state index in [1.54, 1.807) is 21.6 Å². The molecular formula is C2H4OS3. The van der Waals surface area contributed by atoms with Crippen LogP contribution in [0.1, 0.15) is 6.92 Å². The molecule has 0 spiro atoms. The van der Waals surface area contributed by atoms with E-state index in [0.717, 1.165) is 0 Å². The van der Waals surface area contributed by atoms with E-state index in [0.29, 0.717) is 0 Å². The summed E-state index contributed by atoms with van der Waals surface area (Å²) in [5, 5.41) is 0. The molecule has 36 valence electrons. The minimum Gasteiger partial charge on any atom is -0.263 e. The number of fused-ring (bicyclic) bond motifs is 1. The van der Waals surface area contributed by atoms with Crippen molar-refractivity contribution in [2.75, 3.05) is 0 Å². The predicted octanol–water partition coefficient (Wildman–Crippen LogP) is 1.00. The summed E-state index contributed by atoms with van der Waals surface area (Å²) in [4.78, 5) is 0. The lowest BCUT2D eigenvalue weighted by atomic mass is 10.9. The Morgan fingerprint density at radius 3 is 1.83 bits per heavy atom. The standard InChI is InChI=1S/C2H4OS3/c1-2-4-6(2,3)5-2/h6H,1H3. The highest BCUT2D eigenvalue weighted by atomic mass is 33.6. The molecule has 2 aliphatic heterocycles. The Labute approximate surface area is 44.5 Å². The van der Waals surface area contributed by atoms with Gasteiger partial charge in [0.05, 0.1) is 0 Å². The van der Waals surface area contributed by atoms with E-state index >= 15 is 0 Å². The van der Waals surface area contributed by atoms with E-state index in [1.807, 2.05) is 6.92 Å². The smallest absolute Gasteiger partial charge is 0.150 e. The van der Waals surface area contributed by atoms with Crippen LogP contribution in [0, 0.1) is 0 Å². The van der Waals surface area contributed by atoms with Gasteiger partial charge in [-0.25, -0.2) is 0 Å². The van der Waals surface area contributed by atoms with E-state index in [4.69, 9.17) is 0 Å². The summed E-state index contributed by atoms with van der Waals surface area (Å²) >= 11 is 0. The van der Waals surface area contributed by atoms with Crippen LogP contribution in [-0.4, -0.2) is 7.62 Å². The van der Waals surface area contributed by atoms with Crippen molar-refractivity contribution in [2.24, 2.45) is 0 Å². The number of thiol groups is 1. The molecule has 0 aromatic carbocycles. The van der Waals surface area contributed by atoms with Crippen LogP contribution in [0.2, 0.25) is 0 Å². The first-order valence-electron chi connectivity index (χ1n) is 1.68. The van der Waals surface area contributed by atoms with Crippen LogP contribution >= 0.6 is 21.6 Å². The molecule has 2 saturated heterocycles. The van der Waals surface area contributed by atoms with Crippen LogP contribution in [0.5, 0.6) is 0 Å². The van der Waals surface area contributed by atoms with Crippen LogP contribution in [0.3, 0.4) is 0 Å². The zero-order chi connectivity index (χ0) is 4.41. The fraction of sp³-hybridized carbons (Fsp3) is 1.00. The van der Waals surface area contributed by atoms with Gasteiger partial charge < -0.3 is 0 Å². The highest BCUT2D eigenvalue weighted by Gasteiger charge is 2.77. The molecule has 0 amide bonds. The van der Waals surface area contributed by atoms with Crippen LogP contribution in [0.25, 0.3) is 0 Å². The third-order valence-corrected chi connectivity index (χ3v) is 12.6. The fourth-order valence-electron chi connectivity index (χ4n) is 0.412. The molecule has 0 aromatic rings. The van der Waals surface area contributed by atoms with Gasteiger partial charge in [-0.05, 0) is 28.5 Å². The quantitative estimate of drug-likeness (QED) is 0.307. The fourth-order valence-corrected chi connectivity index (χ4v) is 9.94. The Balaban J connectivity index is 2.56. The lowest BCUT2D eigenvalue weighted by Gasteiger charge is -1.74. The monoisotopic (exact) mass is 140 g/mol. The Kier molecular flexibility index (Phi) is 0.396. The molecule has 0 radical (unpaired) electrons. The summed E-state index contributed by atoms with van der Waals surface area (Å²) < 4.78 is 10.9. The molecule has 0 saturated carbocycles. The van der Waals surface area contributed by atoms with Gasteiger partial charge in [-0.15, -0.1) is 0 Å². The first-order chi connectivity index (χ1) is 2.66. The van der Waals surface area contributed by atoms with Gasteiger partial charge in [-0.1, -0.05) is 0 Å². The van der Waals surface area contributed by atoms with Gasteiger partial charge in [0.1, 0.15) is 0 Å². The first-order valence-corrected chi connectivity index (χ1v) is 6.23. The number of hydrogen-bond acceptors (Lipinski definition) is 3. The summed E-state index contributed by atoms with van der Waals surface area (Å²) in [6.45, 7) is 2.04. The second kappa shape index (κ2) is 0.624. The Morgan fingerprint density at radius 2 is 1.83 bits per heavy atom. The van der Waals surface area contributed by atoms with Crippen LogP contribution in [-0.2, 0) is 8.00 Å². The molecule has 6 heavy (non-hydrogen) atoms. The summed E-state index contributed by atoms with van der Waals surface area (Å²) in [6.07, 6.45) is 0. The van der Waals surface area contributed by atoms with Gasteiger partial charge in [0.15, 0.2) is 3.41 Å². The third kappa shape index (κ3) is 0.226. The largest absolute Gasteiger partial charge is 0.263 e. The molecule has 4 heteroatoms. The number of hydrogen-bond donors (Lipinski definition) is 1. The molecule has 2 heterocycles. The lowest BCUT2D eigenvalue weighted by Crippen LogP contribution is -1.66. The molecule has 0 aliphatic carbocycles. The van der Waals surface area contributed by atoms with Crippen LogP contribution in [0.4, 0.5) is 0 Å². The highest BCUT2D eigenvalue weighted by Crippen LogP contribution is 2.92. The van der Waals surface area contributed by atoms with Crippen molar-refractivity contribution in [1.82, 2.24) is 0 Å². The van der Waals surface area contributed by atoms with Crippen molar-refractivity contribution in [3.8, 4) is 0 Å². The van der Waals surface area contributed by atoms with Crippen molar-refractivity contribution in [3.63, 3.8) is 0 Å². The Bertz CT molecular complexity index is 141. The molecule has 2 fully saturated rings. The van der Waals surface area contributed by atoms with E-state index < -0.39 is 8.00 Å².